The summed E-state index contributed by atoms with van der Waals surface area (Å²) < 4.78 is 16.5. The van der Waals surface area contributed by atoms with Crippen LogP contribution in [0, 0.1) is 25.2 Å². The van der Waals surface area contributed by atoms with E-state index in [9.17, 15) is 19.6 Å². The Morgan fingerprint density at radius 1 is 1.29 bits per heavy atom. The van der Waals surface area contributed by atoms with Crippen LogP contribution in [0.25, 0.3) is 6.08 Å². The summed E-state index contributed by atoms with van der Waals surface area (Å²) in [5.41, 5.74) is 2.22. The minimum Gasteiger partial charge on any atom is -0.453 e. The van der Waals surface area contributed by atoms with Gasteiger partial charge in [0.2, 0.25) is 0 Å². The Hall–Kier alpha value is -3.12. The van der Waals surface area contributed by atoms with Gasteiger partial charge in [0.25, 0.3) is 5.91 Å². The van der Waals surface area contributed by atoms with Gasteiger partial charge in [-0.3, -0.25) is 10.1 Å². The van der Waals surface area contributed by atoms with Crippen molar-refractivity contribution in [2.45, 2.75) is 39.8 Å². The first-order valence-corrected chi connectivity index (χ1v) is 8.55. The number of rotatable bonds is 7. The Morgan fingerprint density at radius 3 is 2.46 bits per heavy atom. The molecule has 1 rings (SSSR count). The summed E-state index contributed by atoms with van der Waals surface area (Å²) in [6.07, 6.45) is -0.843. The van der Waals surface area contributed by atoms with E-state index in [0.29, 0.717) is 12.2 Å². The molecule has 0 saturated heterocycles. The zero-order chi connectivity index (χ0) is 21.4. The molecule has 28 heavy (non-hydrogen) atoms. The zero-order valence-electron chi connectivity index (χ0n) is 16.9. The molecule has 9 nitrogen and oxygen atoms in total. The van der Waals surface area contributed by atoms with Crippen LogP contribution in [0.5, 0.6) is 0 Å². The summed E-state index contributed by atoms with van der Waals surface area (Å²) in [6.45, 7) is 7.58. The van der Waals surface area contributed by atoms with E-state index < -0.39 is 24.1 Å². The topological polar surface area (TPSA) is 120 Å². The molecule has 2 amide bonds. The predicted octanol–water partition coefficient (Wildman–Crippen LogP) is 2.03. The van der Waals surface area contributed by atoms with Gasteiger partial charge in [0.05, 0.1) is 19.8 Å². The highest BCUT2D eigenvalue weighted by Crippen LogP contribution is 2.23. The molecule has 0 saturated carbocycles. The molecule has 0 fully saturated rings. The predicted molar refractivity (Wildman–Crippen MR) is 100 cm³/mol. The van der Waals surface area contributed by atoms with Crippen LogP contribution in [0.4, 0.5) is 4.79 Å². The number of hydrogen-bond acceptors (Lipinski definition) is 7. The zero-order valence-corrected chi connectivity index (χ0v) is 16.9. The number of aryl methyl sites for hydroxylation is 1. The number of ether oxygens (including phenoxy) is 3. The molecule has 0 aliphatic carbocycles. The van der Waals surface area contributed by atoms with E-state index in [-0.39, 0.29) is 11.6 Å². The van der Waals surface area contributed by atoms with E-state index in [1.165, 1.54) is 13.0 Å². The van der Waals surface area contributed by atoms with Gasteiger partial charge in [-0.1, -0.05) is 0 Å². The van der Waals surface area contributed by atoms with Gasteiger partial charge >= 0.3 is 12.1 Å². The number of nitriles is 1. The standard InChI is InChI=1S/C19H25N3O6/c1-11-7-15(13(3)22(11)12(2)10-26-5)8-16(9-20)18(24)28-14(4)17(23)21-19(25)27-6/h7-8,12,14H,10H2,1-6H3,(H,21,23,25)/b16-8+/t12-,14-/m0/s1. The summed E-state index contributed by atoms with van der Waals surface area (Å²) >= 11 is 0. The van der Waals surface area contributed by atoms with Gasteiger partial charge in [-0.25, -0.2) is 9.59 Å². The summed E-state index contributed by atoms with van der Waals surface area (Å²) in [5.74, 6) is -1.83. The molecule has 0 bridgehead atoms. The first-order valence-electron chi connectivity index (χ1n) is 8.55. The van der Waals surface area contributed by atoms with Crippen LogP contribution >= 0.6 is 0 Å². The fourth-order valence-electron chi connectivity index (χ4n) is 2.77. The van der Waals surface area contributed by atoms with E-state index in [4.69, 9.17) is 9.47 Å². The van der Waals surface area contributed by atoms with Crippen molar-refractivity contribution in [3.63, 3.8) is 0 Å². The molecule has 0 aromatic carbocycles. The maximum atomic E-state index is 12.3. The number of methoxy groups -OCH3 is 2. The van der Waals surface area contributed by atoms with Crippen LogP contribution in [-0.4, -0.2) is 49.5 Å². The van der Waals surface area contributed by atoms with Gasteiger partial charge in [0.1, 0.15) is 11.6 Å². The Labute approximate surface area is 163 Å². The van der Waals surface area contributed by atoms with Crippen LogP contribution < -0.4 is 5.32 Å². The summed E-state index contributed by atoms with van der Waals surface area (Å²) in [7, 11) is 2.71. The lowest BCUT2D eigenvalue weighted by Crippen LogP contribution is -2.39. The van der Waals surface area contributed by atoms with Crippen molar-refractivity contribution in [1.82, 2.24) is 9.88 Å². The first kappa shape index (κ1) is 22.9. The van der Waals surface area contributed by atoms with Crippen LogP contribution in [0.2, 0.25) is 0 Å². The minimum atomic E-state index is -1.28. The number of imide groups is 1. The van der Waals surface area contributed by atoms with Crippen molar-refractivity contribution >= 4 is 24.0 Å². The monoisotopic (exact) mass is 391 g/mol. The number of nitrogens with one attached hydrogen (secondary N) is 1. The number of esters is 1. The molecule has 1 aromatic heterocycles. The highest BCUT2D eigenvalue weighted by Gasteiger charge is 2.23. The number of carbonyl (C=O) groups excluding carboxylic acids is 3. The van der Waals surface area contributed by atoms with E-state index in [2.05, 4.69) is 4.74 Å². The van der Waals surface area contributed by atoms with Gasteiger partial charge in [0, 0.05) is 18.5 Å². The Bertz CT molecular complexity index is 818. The molecule has 1 N–H and O–H groups in total. The third-order valence-corrected chi connectivity index (χ3v) is 4.08. The third-order valence-electron chi connectivity index (χ3n) is 4.08. The fraction of sp³-hybridized carbons (Fsp3) is 0.474. The van der Waals surface area contributed by atoms with E-state index >= 15 is 0 Å². The van der Waals surface area contributed by atoms with Gasteiger partial charge in [-0.05, 0) is 45.4 Å². The Kier molecular flexibility index (Phi) is 8.41. The summed E-state index contributed by atoms with van der Waals surface area (Å²) in [4.78, 5) is 35.0. The normalized spacial score (nSPS) is 13.2. The van der Waals surface area contributed by atoms with Crippen molar-refractivity contribution in [3.05, 3.63) is 28.6 Å². The molecule has 9 heteroatoms. The number of alkyl carbamates (subject to hydrolysis) is 1. The van der Waals surface area contributed by atoms with Crippen LogP contribution in [0.15, 0.2) is 11.6 Å². The van der Waals surface area contributed by atoms with Crippen LogP contribution in [0.3, 0.4) is 0 Å². The van der Waals surface area contributed by atoms with Crippen molar-refractivity contribution in [3.8, 4) is 6.07 Å². The van der Waals surface area contributed by atoms with Crippen molar-refractivity contribution < 1.29 is 28.6 Å². The second-order valence-electron chi connectivity index (χ2n) is 6.20. The van der Waals surface area contributed by atoms with Crippen molar-refractivity contribution in [2.24, 2.45) is 0 Å². The number of aromatic nitrogens is 1. The number of nitrogens with zero attached hydrogens (tertiary/aromatic N) is 2. The average Bonchev–Trinajstić information content (AvgIpc) is 2.92. The second kappa shape index (κ2) is 10.3. The number of carbonyl (C=O) groups is 3. The minimum absolute atomic E-state index is 0.0756. The maximum Gasteiger partial charge on any atom is 0.413 e. The van der Waals surface area contributed by atoms with Gasteiger partial charge in [-0.2, -0.15) is 5.26 Å². The molecule has 0 aliphatic rings. The molecular weight excluding hydrogens is 366 g/mol. The van der Waals surface area contributed by atoms with Crippen LogP contribution in [0.1, 0.15) is 36.8 Å². The quantitative estimate of drug-likeness (QED) is 0.429. The van der Waals surface area contributed by atoms with Crippen LogP contribution in [-0.2, 0) is 23.8 Å². The lowest BCUT2D eigenvalue weighted by Gasteiger charge is -2.17. The second-order valence-corrected chi connectivity index (χ2v) is 6.20. The van der Waals surface area contributed by atoms with Gasteiger partial charge in [0.15, 0.2) is 6.10 Å². The molecule has 2 atom stereocenters. The summed E-state index contributed by atoms with van der Waals surface area (Å²) in [6, 6.07) is 3.71. The lowest BCUT2D eigenvalue weighted by atomic mass is 10.1. The molecular formula is C19H25N3O6. The van der Waals surface area contributed by atoms with E-state index in [1.54, 1.807) is 13.2 Å². The molecule has 0 aliphatic heterocycles. The SMILES string of the molecule is COC[C@H](C)n1c(C)cc(/C=C(\C#N)C(=O)O[C@@H](C)C(=O)NC(=O)OC)c1C. The maximum absolute atomic E-state index is 12.3. The van der Waals surface area contributed by atoms with Gasteiger partial charge in [-0.15, -0.1) is 0 Å². The van der Waals surface area contributed by atoms with E-state index in [0.717, 1.165) is 18.5 Å². The smallest absolute Gasteiger partial charge is 0.413 e. The first-order chi connectivity index (χ1) is 13.2. The highest BCUT2D eigenvalue weighted by molar-refractivity contribution is 6.00. The van der Waals surface area contributed by atoms with Gasteiger partial charge < -0.3 is 18.8 Å². The molecule has 0 radical (unpaired) electrons. The molecule has 152 valence electrons. The third kappa shape index (κ3) is 5.69. The number of hydrogen-bond donors (Lipinski definition) is 1. The Morgan fingerprint density at radius 2 is 1.93 bits per heavy atom. The lowest BCUT2D eigenvalue weighted by molar-refractivity contribution is -0.150. The fourth-order valence-corrected chi connectivity index (χ4v) is 2.77. The summed E-state index contributed by atoms with van der Waals surface area (Å²) in [5, 5.41) is 11.2. The van der Waals surface area contributed by atoms with E-state index in [1.807, 2.05) is 36.7 Å². The number of amides is 2. The molecule has 0 spiro atoms. The largest absolute Gasteiger partial charge is 0.453 e. The van der Waals surface area contributed by atoms with Crippen molar-refractivity contribution in [1.29, 1.82) is 5.26 Å². The molecule has 0 unspecified atom stereocenters. The average molecular weight is 391 g/mol. The van der Waals surface area contributed by atoms with Crippen molar-refractivity contribution in [2.75, 3.05) is 20.8 Å². The molecule has 1 heterocycles. The highest BCUT2D eigenvalue weighted by atomic mass is 16.6. The molecule has 1 aromatic rings. The Balaban J connectivity index is 3.02.